The molecule has 27 heavy (non-hydrogen) atoms. The smallest absolute Gasteiger partial charge is 0.237 e. The molecule has 0 bridgehead atoms. The van der Waals surface area contributed by atoms with Crippen molar-refractivity contribution >= 4 is 17.2 Å². The van der Waals surface area contributed by atoms with Crippen LogP contribution in [-0.4, -0.2) is 37.0 Å². The standard InChI is InChI=1S/C22H30N2O2S/c1-4-16(2)13-23-14-22(25)24-10-8-21-19(9-11-27-21)20(24)15-26-18-7-5-6-17(3)12-18/h5-7,9,11-12,16,20,23H,4,8,10,13-15H2,1-3H3. The molecule has 1 aliphatic rings. The van der Waals surface area contributed by atoms with Crippen molar-refractivity contribution in [3.05, 3.63) is 51.7 Å². The van der Waals surface area contributed by atoms with Crippen LogP contribution in [0.1, 0.15) is 42.3 Å². The van der Waals surface area contributed by atoms with Crippen molar-refractivity contribution in [1.82, 2.24) is 10.2 Å². The van der Waals surface area contributed by atoms with Crippen LogP contribution in [0.5, 0.6) is 5.75 Å². The third kappa shape index (κ3) is 5.11. The van der Waals surface area contributed by atoms with Gasteiger partial charge in [0.1, 0.15) is 12.4 Å². The Morgan fingerprint density at radius 2 is 2.26 bits per heavy atom. The predicted molar refractivity (Wildman–Crippen MR) is 111 cm³/mol. The molecular weight excluding hydrogens is 356 g/mol. The minimum atomic E-state index is -0.0154. The van der Waals surface area contributed by atoms with Crippen LogP contribution in [0.15, 0.2) is 35.7 Å². The first-order chi connectivity index (χ1) is 13.1. The van der Waals surface area contributed by atoms with E-state index >= 15 is 0 Å². The lowest BCUT2D eigenvalue weighted by molar-refractivity contribution is -0.133. The highest BCUT2D eigenvalue weighted by Gasteiger charge is 2.31. The van der Waals surface area contributed by atoms with Crippen LogP contribution in [0.2, 0.25) is 0 Å². The minimum Gasteiger partial charge on any atom is -0.491 e. The zero-order valence-corrected chi connectivity index (χ0v) is 17.3. The second-order valence-corrected chi connectivity index (χ2v) is 8.42. The molecule has 0 aliphatic carbocycles. The van der Waals surface area contributed by atoms with Gasteiger partial charge in [-0.2, -0.15) is 0 Å². The number of benzene rings is 1. The normalized spacial score (nSPS) is 17.4. The number of carbonyl (C=O) groups excluding carboxylic acids is 1. The Hall–Kier alpha value is -1.85. The van der Waals surface area contributed by atoms with E-state index in [4.69, 9.17) is 4.74 Å². The van der Waals surface area contributed by atoms with Crippen molar-refractivity contribution in [1.29, 1.82) is 0 Å². The number of hydrogen-bond acceptors (Lipinski definition) is 4. The lowest BCUT2D eigenvalue weighted by Crippen LogP contribution is -2.46. The lowest BCUT2D eigenvalue weighted by atomic mass is 10.0. The number of fused-ring (bicyclic) bond motifs is 1. The third-order valence-corrected chi connectivity index (χ3v) is 6.28. The largest absolute Gasteiger partial charge is 0.491 e. The number of carbonyl (C=O) groups is 1. The van der Waals surface area contributed by atoms with E-state index in [-0.39, 0.29) is 11.9 Å². The fourth-order valence-electron chi connectivity index (χ4n) is 3.43. The molecule has 0 spiro atoms. The molecule has 2 heterocycles. The van der Waals surface area contributed by atoms with Gasteiger partial charge in [-0.1, -0.05) is 32.4 Å². The van der Waals surface area contributed by atoms with Crippen LogP contribution >= 0.6 is 11.3 Å². The summed E-state index contributed by atoms with van der Waals surface area (Å²) in [5, 5.41) is 5.45. The second kappa shape index (κ2) is 9.38. The molecule has 1 aliphatic heterocycles. The molecule has 0 saturated carbocycles. The molecule has 0 radical (unpaired) electrons. The molecule has 5 heteroatoms. The molecule has 2 unspecified atom stereocenters. The van der Waals surface area contributed by atoms with E-state index in [1.165, 1.54) is 16.0 Å². The van der Waals surface area contributed by atoms with E-state index in [1.54, 1.807) is 11.3 Å². The van der Waals surface area contributed by atoms with Crippen molar-refractivity contribution in [2.45, 2.75) is 39.7 Å². The van der Waals surface area contributed by atoms with Crippen molar-refractivity contribution in [2.24, 2.45) is 5.92 Å². The molecule has 2 atom stereocenters. The van der Waals surface area contributed by atoms with Crippen LogP contribution in [0.4, 0.5) is 0 Å². The Kier molecular flexibility index (Phi) is 6.91. The minimum absolute atomic E-state index is 0.0154. The molecule has 1 amide bonds. The van der Waals surface area contributed by atoms with Gasteiger partial charge in [-0.3, -0.25) is 4.79 Å². The number of ether oxygens (including phenoxy) is 1. The van der Waals surface area contributed by atoms with E-state index in [2.05, 4.69) is 43.6 Å². The van der Waals surface area contributed by atoms with Crippen LogP contribution in [-0.2, 0) is 11.2 Å². The van der Waals surface area contributed by atoms with Gasteiger partial charge < -0.3 is 15.0 Å². The first-order valence-corrected chi connectivity index (χ1v) is 10.7. The highest BCUT2D eigenvalue weighted by Crippen LogP contribution is 2.33. The zero-order valence-electron chi connectivity index (χ0n) is 16.5. The number of rotatable bonds is 8. The van der Waals surface area contributed by atoms with Gasteiger partial charge in [0.05, 0.1) is 12.6 Å². The van der Waals surface area contributed by atoms with Crippen LogP contribution < -0.4 is 10.1 Å². The van der Waals surface area contributed by atoms with Gasteiger partial charge in [-0.25, -0.2) is 0 Å². The summed E-state index contributed by atoms with van der Waals surface area (Å²) in [5.41, 5.74) is 2.42. The average Bonchev–Trinajstić information content (AvgIpc) is 3.14. The monoisotopic (exact) mass is 386 g/mol. The van der Waals surface area contributed by atoms with Gasteiger partial charge >= 0.3 is 0 Å². The summed E-state index contributed by atoms with van der Waals surface area (Å²) < 4.78 is 6.08. The molecule has 3 rings (SSSR count). The van der Waals surface area contributed by atoms with Crippen molar-refractivity contribution in [3.8, 4) is 5.75 Å². The van der Waals surface area contributed by atoms with E-state index in [9.17, 15) is 4.79 Å². The molecule has 1 aromatic carbocycles. The van der Waals surface area contributed by atoms with Gasteiger partial charge in [0.25, 0.3) is 0 Å². The number of hydrogen-bond donors (Lipinski definition) is 1. The molecular formula is C22H30N2O2S. The molecule has 2 aromatic rings. The van der Waals surface area contributed by atoms with Crippen molar-refractivity contribution in [2.75, 3.05) is 26.2 Å². The number of nitrogens with zero attached hydrogens (tertiary/aromatic N) is 1. The fourth-order valence-corrected chi connectivity index (χ4v) is 4.35. The fraction of sp³-hybridized carbons (Fsp3) is 0.500. The first kappa shape index (κ1) is 19.9. The van der Waals surface area contributed by atoms with Crippen LogP contribution in [0.25, 0.3) is 0 Å². The Balaban J connectivity index is 1.67. The third-order valence-electron chi connectivity index (χ3n) is 5.28. The topological polar surface area (TPSA) is 41.6 Å². The summed E-state index contributed by atoms with van der Waals surface area (Å²) in [5.74, 6) is 1.61. The lowest BCUT2D eigenvalue weighted by Gasteiger charge is -2.36. The van der Waals surface area contributed by atoms with Gasteiger partial charge in [-0.15, -0.1) is 11.3 Å². The van der Waals surface area contributed by atoms with Gasteiger partial charge in [-0.05, 0) is 60.5 Å². The number of thiophene rings is 1. The second-order valence-electron chi connectivity index (χ2n) is 7.42. The molecule has 0 saturated heterocycles. The van der Waals surface area contributed by atoms with Crippen molar-refractivity contribution in [3.63, 3.8) is 0 Å². The summed E-state index contributed by atoms with van der Waals surface area (Å²) in [6.45, 7) is 8.96. The molecule has 4 nitrogen and oxygen atoms in total. The van der Waals surface area contributed by atoms with E-state index in [0.29, 0.717) is 19.1 Å². The van der Waals surface area contributed by atoms with Gasteiger partial charge in [0, 0.05) is 11.4 Å². The average molecular weight is 387 g/mol. The van der Waals surface area contributed by atoms with Crippen LogP contribution in [0, 0.1) is 12.8 Å². The Morgan fingerprint density at radius 3 is 3.04 bits per heavy atom. The maximum absolute atomic E-state index is 12.9. The molecule has 0 fully saturated rings. The Labute approximate surface area is 166 Å². The number of aryl methyl sites for hydroxylation is 1. The summed E-state index contributed by atoms with van der Waals surface area (Å²) >= 11 is 1.78. The Bertz CT molecular complexity index is 758. The van der Waals surface area contributed by atoms with Crippen LogP contribution in [0.3, 0.4) is 0 Å². The highest BCUT2D eigenvalue weighted by atomic mass is 32.1. The zero-order chi connectivity index (χ0) is 19.2. The highest BCUT2D eigenvalue weighted by molar-refractivity contribution is 7.10. The maximum Gasteiger partial charge on any atom is 0.237 e. The van der Waals surface area contributed by atoms with Gasteiger partial charge in [0.15, 0.2) is 0 Å². The van der Waals surface area contributed by atoms with Crippen molar-refractivity contribution < 1.29 is 9.53 Å². The molecule has 1 N–H and O–H groups in total. The first-order valence-electron chi connectivity index (χ1n) is 9.84. The quantitative estimate of drug-likeness (QED) is 0.739. The molecule has 146 valence electrons. The summed E-state index contributed by atoms with van der Waals surface area (Å²) in [6.07, 6.45) is 2.06. The number of amides is 1. The van der Waals surface area contributed by atoms with E-state index in [0.717, 1.165) is 31.7 Å². The SMILES string of the molecule is CCC(C)CNCC(=O)N1CCc2sccc2C1COc1cccc(C)c1. The maximum atomic E-state index is 12.9. The van der Waals surface area contributed by atoms with Gasteiger partial charge in [0.2, 0.25) is 5.91 Å². The summed E-state index contributed by atoms with van der Waals surface area (Å²) in [4.78, 5) is 16.3. The molecule has 1 aromatic heterocycles. The van der Waals surface area contributed by atoms with E-state index < -0.39 is 0 Å². The summed E-state index contributed by atoms with van der Waals surface area (Å²) in [6, 6.07) is 10.2. The number of nitrogens with one attached hydrogen (secondary N) is 1. The van der Waals surface area contributed by atoms with E-state index in [1.807, 2.05) is 23.1 Å². The Morgan fingerprint density at radius 1 is 1.41 bits per heavy atom. The summed E-state index contributed by atoms with van der Waals surface area (Å²) in [7, 11) is 0. The predicted octanol–water partition coefficient (Wildman–Crippen LogP) is 4.20.